The number of halogens is 1. The molecule has 124 valence electrons. The molecule has 0 saturated heterocycles. The van der Waals surface area contributed by atoms with Crippen molar-refractivity contribution in [2.75, 3.05) is 19.9 Å². The molecule has 2 atom stereocenters. The van der Waals surface area contributed by atoms with Gasteiger partial charge in [-0.1, -0.05) is 17.7 Å². The van der Waals surface area contributed by atoms with Crippen molar-refractivity contribution in [3.05, 3.63) is 34.3 Å². The molecule has 2 unspecified atom stereocenters. The van der Waals surface area contributed by atoms with Crippen molar-refractivity contribution >= 4 is 18.7 Å². The average molecular weight is 344 g/mol. The fraction of sp³-hybridized carbons (Fsp3) is 0.647. The summed E-state index contributed by atoms with van der Waals surface area (Å²) < 4.78 is 12.3. The summed E-state index contributed by atoms with van der Waals surface area (Å²) in [5.41, 5.74) is 1.68. The fourth-order valence-corrected chi connectivity index (χ4v) is 5.25. The number of hydrogen-bond donors (Lipinski definition) is 2. The maximum Gasteiger partial charge on any atom is 0.0849 e. The Morgan fingerprint density at radius 3 is 2.77 bits per heavy atom. The quantitative estimate of drug-likeness (QED) is 0.793. The van der Waals surface area contributed by atoms with Gasteiger partial charge in [0.2, 0.25) is 0 Å². The van der Waals surface area contributed by atoms with E-state index in [4.69, 9.17) is 11.6 Å². The van der Waals surface area contributed by atoms with E-state index in [0.29, 0.717) is 19.5 Å². The summed E-state index contributed by atoms with van der Waals surface area (Å²) in [5.74, 6) is 0. The molecule has 2 N–H and O–H groups in total. The summed E-state index contributed by atoms with van der Waals surface area (Å²) in [5, 5.41) is 14.9. The first-order valence-electron chi connectivity index (χ1n) is 7.92. The molecule has 1 fully saturated rings. The Hall–Kier alpha value is -0.340. The van der Waals surface area contributed by atoms with Crippen molar-refractivity contribution in [2.45, 2.75) is 50.4 Å². The number of aliphatic hydroxyl groups is 1. The lowest BCUT2D eigenvalue weighted by atomic mass is 9.84. The summed E-state index contributed by atoms with van der Waals surface area (Å²) in [4.78, 5) is 0. The minimum atomic E-state index is -2.13. The Labute approximate surface area is 138 Å². The summed E-state index contributed by atoms with van der Waals surface area (Å²) in [7, 11) is -2.13. The number of nitrogens with one attached hydrogen (secondary N) is 1. The van der Waals surface area contributed by atoms with Crippen LogP contribution >= 0.6 is 18.7 Å². The Balaban J connectivity index is 1.91. The molecular weight excluding hydrogens is 317 g/mol. The van der Waals surface area contributed by atoms with Crippen molar-refractivity contribution in [3.8, 4) is 0 Å². The largest absolute Gasteiger partial charge is 0.389 e. The van der Waals surface area contributed by atoms with E-state index < -0.39 is 12.7 Å². The van der Waals surface area contributed by atoms with Gasteiger partial charge in [-0.15, -0.1) is 0 Å². The van der Waals surface area contributed by atoms with Gasteiger partial charge in [0.05, 0.1) is 12.7 Å². The fourth-order valence-electron chi connectivity index (χ4n) is 3.35. The smallest absolute Gasteiger partial charge is 0.0849 e. The molecule has 0 aromatic heterocycles. The molecule has 3 nitrogen and oxygen atoms in total. The van der Waals surface area contributed by atoms with Crippen molar-refractivity contribution in [1.82, 2.24) is 5.32 Å². The van der Waals surface area contributed by atoms with Crippen LogP contribution in [0.25, 0.3) is 0 Å². The predicted molar refractivity (Wildman–Crippen MR) is 94.6 cm³/mol. The van der Waals surface area contributed by atoms with Gasteiger partial charge in [0, 0.05) is 23.8 Å². The SMILES string of the molecule is Cc1cc(Cl)cc(CNCC2(O)CCCC(P(C)(C)=O)C2)c1. The minimum Gasteiger partial charge on any atom is -0.389 e. The zero-order valence-electron chi connectivity index (χ0n) is 13.7. The Bertz CT molecular complexity index is 552. The summed E-state index contributed by atoms with van der Waals surface area (Å²) in [6.07, 6.45) is 3.34. The highest BCUT2D eigenvalue weighted by molar-refractivity contribution is 7.63. The Morgan fingerprint density at radius 1 is 1.41 bits per heavy atom. The normalized spacial score (nSPS) is 26.1. The third kappa shape index (κ3) is 5.09. The van der Waals surface area contributed by atoms with Crippen LogP contribution in [0.15, 0.2) is 18.2 Å². The zero-order valence-corrected chi connectivity index (χ0v) is 15.4. The molecule has 22 heavy (non-hydrogen) atoms. The molecule has 0 bridgehead atoms. The van der Waals surface area contributed by atoms with E-state index in [9.17, 15) is 9.67 Å². The number of rotatable bonds is 5. The van der Waals surface area contributed by atoms with Crippen LogP contribution in [0.4, 0.5) is 0 Å². The van der Waals surface area contributed by atoms with Crippen molar-refractivity contribution in [3.63, 3.8) is 0 Å². The molecule has 2 rings (SSSR count). The van der Waals surface area contributed by atoms with Crippen LogP contribution in [0.5, 0.6) is 0 Å². The second-order valence-corrected chi connectivity index (χ2v) is 11.2. The van der Waals surface area contributed by atoms with Crippen molar-refractivity contribution < 1.29 is 9.67 Å². The lowest BCUT2D eigenvalue weighted by Crippen LogP contribution is -2.45. The third-order valence-corrected chi connectivity index (χ3v) is 6.98. The van der Waals surface area contributed by atoms with Gasteiger partial charge < -0.3 is 15.0 Å². The highest BCUT2D eigenvalue weighted by Crippen LogP contribution is 2.50. The van der Waals surface area contributed by atoms with Crippen LogP contribution in [0, 0.1) is 6.92 Å². The van der Waals surface area contributed by atoms with Crippen molar-refractivity contribution in [2.24, 2.45) is 0 Å². The minimum absolute atomic E-state index is 0.154. The topological polar surface area (TPSA) is 49.3 Å². The predicted octanol–water partition coefficient (Wildman–Crippen LogP) is 4.03. The van der Waals surface area contributed by atoms with Crippen LogP contribution in [-0.4, -0.2) is 36.2 Å². The van der Waals surface area contributed by atoms with E-state index in [1.54, 1.807) is 0 Å². The summed E-state index contributed by atoms with van der Waals surface area (Å²) in [6, 6.07) is 5.98. The standard InChI is InChI=1S/C17H27ClNO2P/c1-13-7-14(9-15(18)8-13)11-19-12-17(20)6-4-5-16(10-17)22(2,3)21/h7-9,16,19-20H,4-6,10-12H2,1-3H3. The first kappa shape index (κ1) is 18.0. The monoisotopic (exact) mass is 343 g/mol. The summed E-state index contributed by atoms with van der Waals surface area (Å²) in [6.45, 7) is 6.92. The molecule has 0 radical (unpaired) electrons. The van der Waals surface area contributed by atoms with Crippen LogP contribution in [-0.2, 0) is 11.1 Å². The summed E-state index contributed by atoms with van der Waals surface area (Å²) >= 11 is 6.07. The number of benzene rings is 1. The van der Waals surface area contributed by atoms with E-state index in [1.807, 2.05) is 32.4 Å². The number of aryl methyl sites for hydroxylation is 1. The molecule has 1 aromatic rings. The van der Waals surface area contributed by atoms with Gasteiger partial charge >= 0.3 is 0 Å². The van der Waals surface area contributed by atoms with Gasteiger partial charge in [0.15, 0.2) is 0 Å². The maximum atomic E-state index is 12.3. The zero-order chi connectivity index (χ0) is 16.4. The van der Waals surface area contributed by atoms with Crippen LogP contribution in [0.2, 0.25) is 5.02 Å². The Kier molecular flexibility index (Phi) is 5.77. The van der Waals surface area contributed by atoms with E-state index in [0.717, 1.165) is 35.4 Å². The average Bonchev–Trinajstić information content (AvgIpc) is 2.36. The molecule has 1 aromatic carbocycles. The third-order valence-electron chi connectivity index (χ3n) is 4.56. The molecule has 1 aliphatic rings. The lowest BCUT2D eigenvalue weighted by Gasteiger charge is -2.38. The highest BCUT2D eigenvalue weighted by Gasteiger charge is 2.38. The van der Waals surface area contributed by atoms with Crippen LogP contribution < -0.4 is 5.32 Å². The molecule has 0 amide bonds. The molecule has 0 aliphatic heterocycles. The van der Waals surface area contributed by atoms with Gasteiger partial charge in [-0.05, 0) is 69.2 Å². The van der Waals surface area contributed by atoms with Crippen LogP contribution in [0.3, 0.4) is 0 Å². The molecule has 1 aliphatic carbocycles. The lowest BCUT2D eigenvalue weighted by molar-refractivity contribution is 0.00581. The van der Waals surface area contributed by atoms with Gasteiger partial charge in [-0.25, -0.2) is 0 Å². The van der Waals surface area contributed by atoms with E-state index in [2.05, 4.69) is 11.4 Å². The molecule has 5 heteroatoms. The molecule has 0 spiro atoms. The van der Waals surface area contributed by atoms with Gasteiger partial charge in [0.25, 0.3) is 0 Å². The van der Waals surface area contributed by atoms with Crippen molar-refractivity contribution in [1.29, 1.82) is 0 Å². The molecule has 1 saturated carbocycles. The first-order valence-corrected chi connectivity index (χ1v) is 11.0. The maximum absolute atomic E-state index is 12.3. The van der Waals surface area contributed by atoms with E-state index in [-0.39, 0.29) is 5.66 Å². The first-order chi connectivity index (χ1) is 10.2. The van der Waals surface area contributed by atoms with Gasteiger partial charge in [-0.3, -0.25) is 0 Å². The van der Waals surface area contributed by atoms with Gasteiger partial charge in [0.1, 0.15) is 0 Å². The van der Waals surface area contributed by atoms with E-state index >= 15 is 0 Å². The molecular formula is C17H27ClNO2P. The second kappa shape index (κ2) is 7.05. The Morgan fingerprint density at radius 2 is 2.14 bits per heavy atom. The number of hydrogen-bond acceptors (Lipinski definition) is 3. The van der Waals surface area contributed by atoms with Gasteiger partial charge in [-0.2, -0.15) is 0 Å². The van der Waals surface area contributed by atoms with Crippen LogP contribution in [0.1, 0.15) is 36.8 Å². The van der Waals surface area contributed by atoms with E-state index in [1.165, 1.54) is 0 Å². The molecule has 0 heterocycles. The second-order valence-electron chi connectivity index (χ2n) is 7.15. The highest BCUT2D eigenvalue weighted by atomic mass is 35.5.